The third-order valence-electron chi connectivity index (χ3n) is 2.92. The van der Waals surface area contributed by atoms with Crippen LogP contribution in [0.4, 0.5) is 0 Å². The second-order valence-electron chi connectivity index (χ2n) is 3.91. The molecule has 1 fully saturated rings. The summed E-state index contributed by atoms with van der Waals surface area (Å²) in [5, 5.41) is 29.4. The van der Waals surface area contributed by atoms with Gasteiger partial charge in [0.05, 0.1) is 11.2 Å². The largest absolute Gasteiger partial charge is 0.507 e. The molecule has 1 aliphatic carbocycles. The molecular formula is C11H14O3. The lowest BCUT2D eigenvalue weighted by molar-refractivity contribution is 0.0396. The molecule has 0 radical (unpaired) electrons. The first-order chi connectivity index (χ1) is 6.63. The number of hydrogen-bond acceptors (Lipinski definition) is 3. The fourth-order valence-corrected chi connectivity index (χ4v) is 2.21. The van der Waals surface area contributed by atoms with Crippen molar-refractivity contribution in [2.45, 2.75) is 31.3 Å². The molecule has 0 saturated heterocycles. The molecule has 0 atom stereocenters. The van der Waals surface area contributed by atoms with E-state index in [9.17, 15) is 15.3 Å². The molecule has 3 N–H and O–H groups in total. The van der Waals surface area contributed by atoms with E-state index in [4.69, 9.17) is 0 Å². The summed E-state index contributed by atoms with van der Waals surface area (Å²) < 4.78 is 0. The Morgan fingerprint density at radius 1 is 1.00 bits per heavy atom. The first-order valence-corrected chi connectivity index (χ1v) is 4.87. The molecule has 0 spiro atoms. The topological polar surface area (TPSA) is 60.7 Å². The average molecular weight is 194 g/mol. The molecule has 0 aliphatic heterocycles. The van der Waals surface area contributed by atoms with Crippen LogP contribution in [0.3, 0.4) is 0 Å². The molecule has 1 aromatic carbocycles. The van der Waals surface area contributed by atoms with Gasteiger partial charge in [-0.3, -0.25) is 0 Å². The van der Waals surface area contributed by atoms with E-state index in [0.717, 1.165) is 12.8 Å². The van der Waals surface area contributed by atoms with E-state index in [2.05, 4.69) is 0 Å². The van der Waals surface area contributed by atoms with Crippen molar-refractivity contribution >= 4 is 0 Å². The van der Waals surface area contributed by atoms with Gasteiger partial charge in [-0.1, -0.05) is 18.9 Å². The molecule has 0 bridgehead atoms. The van der Waals surface area contributed by atoms with Crippen LogP contribution in [0.5, 0.6) is 11.5 Å². The van der Waals surface area contributed by atoms with E-state index >= 15 is 0 Å². The van der Waals surface area contributed by atoms with Crippen molar-refractivity contribution in [1.82, 2.24) is 0 Å². The van der Waals surface area contributed by atoms with E-state index in [-0.39, 0.29) is 17.1 Å². The molecular weight excluding hydrogens is 180 g/mol. The summed E-state index contributed by atoms with van der Waals surface area (Å²) in [4.78, 5) is 0. The summed E-state index contributed by atoms with van der Waals surface area (Å²) in [6.07, 6.45) is 3.09. The van der Waals surface area contributed by atoms with Crippen molar-refractivity contribution < 1.29 is 15.3 Å². The highest BCUT2D eigenvalue weighted by Crippen LogP contribution is 2.45. The number of rotatable bonds is 1. The molecule has 0 heterocycles. The quantitative estimate of drug-likeness (QED) is 0.639. The zero-order chi connectivity index (χ0) is 10.2. The Hall–Kier alpha value is -1.22. The molecule has 3 nitrogen and oxygen atoms in total. The summed E-state index contributed by atoms with van der Waals surface area (Å²) >= 11 is 0. The van der Waals surface area contributed by atoms with Crippen LogP contribution >= 0.6 is 0 Å². The summed E-state index contributed by atoms with van der Waals surface area (Å²) in [6.45, 7) is 0. The van der Waals surface area contributed by atoms with Crippen LogP contribution in [-0.4, -0.2) is 15.3 Å². The van der Waals surface area contributed by atoms with Gasteiger partial charge in [-0.15, -0.1) is 0 Å². The molecule has 2 rings (SSSR count). The van der Waals surface area contributed by atoms with Crippen molar-refractivity contribution in [3.8, 4) is 11.5 Å². The van der Waals surface area contributed by atoms with Crippen LogP contribution in [0, 0.1) is 0 Å². The third-order valence-corrected chi connectivity index (χ3v) is 2.92. The second kappa shape index (κ2) is 3.17. The van der Waals surface area contributed by atoms with Crippen LogP contribution in [0.1, 0.15) is 31.2 Å². The molecule has 1 aliphatic rings. The predicted molar refractivity (Wildman–Crippen MR) is 52.1 cm³/mol. The zero-order valence-corrected chi connectivity index (χ0v) is 7.90. The zero-order valence-electron chi connectivity index (χ0n) is 7.90. The van der Waals surface area contributed by atoms with E-state index < -0.39 is 5.60 Å². The van der Waals surface area contributed by atoms with Gasteiger partial charge in [0.25, 0.3) is 0 Å². The lowest BCUT2D eigenvalue weighted by Crippen LogP contribution is -2.21. The second-order valence-corrected chi connectivity index (χ2v) is 3.91. The van der Waals surface area contributed by atoms with Crippen LogP contribution in [0.15, 0.2) is 18.2 Å². The average Bonchev–Trinajstić information content (AvgIpc) is 2.52. The van der Waals surface area contributed by atoms with Crippen LogP contribution in [0.2, 0.25) is 0 Å². The minimum atomic E-state index is -1.03. The van der Waals surface area contributed by atoms with Gasteiger partial charge in [0.1, 0.15) is 11.5 Å². The fourth-order valence-electron chi connectivity index (χ4n) is 2.21. The number of phenols is 2. The van der Waals surface area contributed by atoms with Gasteiger partial charge in [-0.25, -0.2) is 0 Å². The standard InChI is InChI=1S/C11H14O3/c12-8-4-3-5-9(13)10(8)11(14)6-1-2-7-11/h3-5,12-14H,1-2,6-7H2. The molecule has 0 aromatic heterocycles. The maximum absolute atomic E-state index is 10.2. The SMILES string of the molecule is Oc1cccc(O)c1C1(O)CCCC1. The van der Waals surface area contributed by atoms with Crippen molar-refractivity contribution in [1.29, 1.82) is 0 Å². The number of hydrogen-bond donors (Lipinski definition) is 3. The Morgan fingerprint density at radius 3 is 2.00 bits per heavy atom. The Kier molecular flexibility index (Phi) is 2.11. The number of aromatic hydroxyl groups is 2. The van der Waals surface area contributed by atoms with Gasteiger partial charge in [0.15, 0.2) is 0 Å². The van der Waals surface area contributed by atoms with Crippen molar-refractivity contribution in [2.75, 3.05) is 0 Å². The highest BCUT2D eigenvalue weighted by atomic mass is 16.3. The van der Waals surface area contributed by atoms with Gasteiger partial charge in [-0.05, 0) is 25.0 Å². The fraction of sp³-hybridized carbons (Fsp3) is 0.455. The maximum Gasteiger partial charge on any atom is 0.125 e. The number of aliphatic hydroxyl groups is 1. The monoisotopic (exact) mass is 194 g/mol. The van der Waals surface area contributed by atoms with Crippen molar-refractivity contribution in [2.24, 2.45) is 0 Å². The smallest absolute Gasteiger partial charge is 0.125 e. The summed E-state index contributed by atoms with van der Waals surface area (Å²) in [5.41, 5.74) is -0.743. The van der Waals surface area contributed by atoms with E-state index in [1.54, 1.807) is 6.07 Å². The minimum Gasteiger partial charge on any atom is -0.507 e. The molecule has 14 heavy (non-hydrogen) atoms. The molecule has 76 valence electrons. The normalized spacial score (nSPS) is 19.8. The van der Waals surface area contributed by atoms with Crippen molar-refractivity contribution in [3.63, 3.8) is 0 Å². The highest BCUT2D eigenvalue weighted by molar-refractivity contribution is 5.47. The highest BCUT2D eigenvalue weighted by Gasteiger charge is 2.37. The van der Waals surface area contributed by atoms with Gasteiger partial charge in [-0.2, -0.15) is 0 Å². The van der Waals surface area contributed by atoms with Gasteiger partial charge >= 0.3 is 0 Å². The molecule has 0 amide bonds. The lowest BCUT2D eigenvalue weighted by atomic mass is 9.90. The number of phenolic OH excluding ortho intramolecular Hbond substituents is 2. The van der Waals surface area contributed by atoms with Crippen LogP contribution in [-0.2, 0) is 5.60 Å². The van der Waals surface area contributed by atoms with Gasteiger partial charge in [0.2, 0.25) is 0 Å². The predicted octanol–water partition coefficient (Wildman–Crippen LogP) is 1.86. The summed E-state index contributed by atoms with van der Waals surface area (Å²) in [6, 6.07) is 4.54. The first-order valence-electron chi connectivity index (χ1n) is 4.87. The van der Waals surface area contributed by atoms with E-state index in [1.165, 1.54) is 12.1 Å². The van der Waals surface area contributed by atoms with Crippen molar-refractivity contribution in [3.05, 3.63) is 23.8 Å². The Balaban J connectivity index is 2.49. The van der Waals surface area contributed by atoms with Gasteiger partial charge in [0, 0.05) is 0 Å². The summed E-state index contributed by atoms with van der Waals surface area (Å²) in [5.74, 6) is -0.0381. The van der Waals surface area contributed by atoms with Gasteiger partial charge < -0.3 is 15.3 Å². The first kappa shape index (κ1) is 9.34. The Morgan fingerprint density at radius 2 is 1.50 bits per heavy atom. The molecule has 1 aromatic rings. The third kappa shape index (κ3) is 1.34. The molecule has 1 saturated carbocycles. The van der Waals surface area contributed by atoms with E-state index in [1.807, 2.05) is 0 Å². The van der Waals surface area contributed by atoms with E-state index in [0.29, 0.717) is 12.8 Å². The minimum absolute atomic E-state index is 0.0191. The lowest BCUT2D eigenvalue weighted by Gasteiger charge is -2.24. The molecule has 3 heteroatoms. The summed E-state index contributed by atoms with van der Waals surface area (Å²) in [7, 11) is 0. The maximum atomic E-state index is 10.2. The van der Waals surface area contributed by atoms with Crippen LogP contribution < -0.4 is 0 Å². The molecule has 0 unspecified atom stereocenters. The Bertz CT molecular complexity index is 320. The Labute approximate surface area is 82.6 Å². The number of benzene rings is 1. The van der Waals surface area contributed by atoms with Crippen LogP contribution in [0.25, 0.3) is 0 Å².